The van der Waals surface area contributed by atoms with Crippen molar-refractivity contribution < 1.29 is 4.79 Å². The molecule has 0 bridgehead atoms. The standard InChI is InChI=1S/C13H25N5O/c1-7-14-8-11-10(2)15-18(6)13(11)17(5)9-12(19)16(3)4/h14H,7-9H2,1-6H3. The Morgan fingerprint density at radius 2 is 2.00 bits per heavy atom. The Bertz CT molecular complexity index is 438. The second-order valence-corrected chi connectivity index (χ2v) is 4.94. The minimum Gasteiger partial charge on any atom is -0.350 e. The molecule has 108 valence electrons. The average molecular weight is 267 g/mol. The van der Waals surface area contributed by atoms with Crippen molar-refractivity contribution in [3.63, 3.8) is 0 Å². The first kappa shape index (κ1) is 15.5. The van der Waals surface area contributed by atoms with Crippen LogP contribution in [-0.4, -0.2) is 54.8 Å². The number of hydrogen-bond acceptors (Lipinski definition) is 4. The van der Waals surface area contributed by atoms with Crippen LogP contribution >= 0.6 is 0 Å². The smallest absolute Gasteiger partial charge is 0.241 e. The molecule has 0 fully saturated rings. The molecule has 1 rings (SSSR count). The summed E-state index contributed by atoms with van der Waals surface area (Å²) in [5.41, 5.74) is 2.15. The molecule has 1 aromatic rings. The van der Waals surface area contributed by atoms with E-state index < -0.39 is 0 Å². The maximum absolute atomic E-state index is 11.8. The monoisotopic (exact) mass is 267 g/mol. The van der Waals surface area contributed by atoms with Gasteiger partial charge in [0.25, 0.3) is 0 Å². The first-order valence-corrected chi connectivity index (χ1v) is 6.52. The summed E-state index contributed by atoms with van der Waals surface area (Å²) in [4.78, 5) is 15.4. The summed E-state index contributed by atoms with van der Waals surface area (Å²) in [6.07, 6.45) is 0. The topological polar surface area (TPSA) is 53.4 Å². The SMILES string of the molecule is CCNCc1c(C)nn(C)c1N(C)CC(=O)N(C)C. The second kappa shape index (κ2) is 6.56. The van der Waals surface area contributed by atoms with Crippen LogP contribution in [0.25, 0.3) is 0 Å². The van der Waals surface area contributed by atoms with Crippen LogP contribution in [0.4, 0.5) is 5.82 Å². The summed E-state index contributed by atoms with van der Waals surface area (Å²) in [6.45, 7) is 6.10. The van der Waals surface area contributed by atoms with E-state index in [1.165, 1.54) is 0 Å². The minimum atomic E-state index is 0.0794. The van der Waals surface area contributed by atoms with Crippen LogP contribution in [0.2, 0.25) is 0 Å². The lowest BCUT2D eigenvalue weighted by Gasteiger charge is -2.22. The molecule has 19 heavy (non-hydrogen) atoms. The van der Waals surface area contributed by atoms with Gasteiger partial charge in [-0.25, -0.2) is 0 Å². The van der Waals surface area contributed by atoms with Gasteiger partial charge in [-0.3, -0.25) is 9.48 Å². The number of likely N-dealkylation sites (N-methyl/N-ethyl adjacent to an activating group) is 2. The van der Waals surface area contributed by atoms with Crippen LogP contribution < -0.4 is 10.2 Å². The molecule has 0 aromatic carbocycles. The molecule has 0 saturated heterocycles. The predicted octanol–water partition coefficient (Wildman–Crippen LogP) is 0.362. The highest BCUT2D eigenvalue weighted by molar-refractivity contribution is 5.80. The molecule has 0 spiro atoms. The summed E-state index contributed by atoms with van der Waals surface area (Å²) in [5, 5.41) is 7.76. The maximum Gasteiger partial charge on any atom is 0.241 e. The first-order chi connectivity index (χ1) is 8.88. The Labute approximate surface area is 115 Å². The van der Waals surface area contributed by atoms with Gasteiger partial charge in [-0.2, -0.15) is 5.10 Å². The van der Waals surface area contributed by atoms with Crippen LogP contribution in [0, 0.1) is 6.92 Å². The fraction of sp³-hybridized carbons (Fsp3) is 0.692. The summed E-state index contributed by atoms with van der Waals surface area (Å²) in [6, 6.07) is 0. The molecule has 6 heteroatoms. The molecule has 0 atom stereocenters. The van der Waals surface area contributed by atoms with Crippen LogP contribution in [0.3, 0.4) is 0 Å². The molecule has 6 nitrogen and oxygen atoms in total. The molecular weight excluding hydrogens is 242 g/mol. The fourth-order valence-electron chi connectivity index (χ4n) is 2.04. The van der Waals surface area contributed by atoms with Gasteiger partial charge in [-0.15, -0.1) is 0 Å². The number of aryl methyl sites for hydroxylation is 2. The number of rotatable bonds is 6. The van der Waals surface area contributed by atoms with E-state index in [0.717, 1.165) is 30.2 Å². The largest absolute Gasteiger partial charge is 0.350 e. The number of nitrogens with zero attached hydrogens (tertiary/aromatic N) is 4. The Balaban J connectivity index is 2.94. The van der Waals surface area contributed by atoms with Crippen LogP contribution in [0.1, 0.15) is 18.2 Å². The molecule has 0 radical (unpaired) electrons. The lowest BCUT2D eigenvalue weighted by Crippen LogP contribution is -2.35. The Hall–Kier alpha value is -1.56. The third-order valence-electron chi connectivity index (χ3n) is 3.10. The highest BCUT2D eigenvalue weighted by Crippen LogP contribution is 2.22. The van der Waals surface area contributed by atoms with Gasteiger partial charge < -0.3 is 15.1 Å². The lowest BCUT2D eigenvalue weighted by molar-refractivity contribution is -0.127. The van der Waals surface area contributed by atoms with Crippen LogP contribution in [0.15, 0.2) is 0 Å². The molecule has 1 amide bonds. The Kier molecular flexibility index (Phi) is 5.35. The van der Waals surface area contributed by atoms with E-state index in [1.54, 1.807) is 19.0 Å². The predicted molar refractivity (Wildman–Crippen MR) is 77.3 cm³/mol. The quantitative estimate of drug-likeness (QED) is 0.809. The number of carbonyl (C=O) groups is 1. The van der Waals surface area contributed by atoms with Gasteiger partial charge in [0.1, 0.15) is 5.82 Å². The van der Waals surface area contributed by atoms with Gasteiger partial charge in [-0.1, -0.05) is 6.92 Å². The Morgan fingerprint density at radius 1 is 1.37 bits per heavy atom. The van der Waals surface area contributed by atoms with Gasteiger partial charge in [0.05, 0.1) is 12.2 Å². The molecule has 1 heterocycles. The van der Waals surface area contributed by atoms with Crippen molar-refractivity contribution in [1.29, 1.82) is 0 Å². The van der Waals surface area contributed by atoms with Crippen LogP contribution in [-0.2, 0) is 18.4 Å². The van der Waals surface area contributed by atoms with Crippen molar-refractivity contribution in [3.8, 4) is 0 Å². The maximum atomic E-state index is 11.8. The van der Waals surface area contributed by atoms with Gasteiger partial charge in [0.15, 0.2) is 0 Å². The normalized spacial score (nSPS) is 10.6. The van der Waals surface area contributed by atoms with E-state index in [9.17, 15) is 4.79 Å². The van der Waals surface area contributed by atoms with Crippen LogP contribution in [0.5, 0.6) is 0 Å². The zero-order valence-electron chi connectivity index (χ0n) is 12.8. The van der Waals surface area contributed by atoms with Crippen molar-refractivity contribution in [2.24, 2.45) is 7.05 Å². The van der Waals surface area contributed by atoms with E-state index in [1.807, 2.05) is 30.6 Å². The summed E-state index contributed by atoms with van der Waals surface area (Å²) >= 11 is 0. The zero-order valence-corrected chi connectivity index (χ0v) is 12.8. The highest BCUT2D eigenvalue weighted by atomic mass is 16.2. The molecule has 0 aliphatic rings. The molecule has 0 aliphatic carbocycles. The average Bonchev–Trinajstić information content (AvgIpc) is 2.60. The number of nitrogens with one attached hydrogen (secondary N) is 1. The molecule has 0 saturated carbocycles. The lowest BCUT2D eigenvalue weighted by atomic mass is 10.2. The molecule has 0 unspecified atom stereocenters. The number of carbonyl (C=O) groups excluding carboxylic acids is 1. The third kappa shape index (κ3) is 3.70. The molecule has 1 aromatic heterocycles. The molecular formula is C13H25N5O. The van der Waals surface area contributed by atoms with Gasteiger partial charge >= 0.3 is 0 Å². The van der Waals surface area contributed by atoms with E-state index >= 15 is 0 Å². The third-order valence-corrected chi connectivity index (χ3v) is 3.10. The van der Waals surface area contributed by atoms with Gasteiger partial charge in [0.2, 0.25) is 5.91 Å². The van der Waals surface area contributed by atoms with Crippen molar-refractivity contribution in [1.82, 2.24) is 20.0 Å². The van der Waals surface area contributed by atoms with Crippen molar-refractivity contribution >= 4 is 11.7 Å². The van der Waals surface area contributed by atoms with E-state index in [-0.39, 0.29) is 5.91 Å². The Morgan fingerprint density at radius 3 is 2.53 bits per heavy atom. The molecule has 0 aliphatic heterocycles. The van der Waals surface area contributed by atoms with E-state index in [4.69, 9.17) is 0 Å². The second-order valence-electron chi connectivity index (χ2n) is 4.94. The number of aromatic nitrogens is 2. The highest BCUT2D eigenvalue weighted by Gasteiger charge is 2.18. The summed E-state index contributed by atoms with van der Waals surface area (Å²) in [5.74, 6) is 1.07. The zero-order chi connectivity index (χ0) is 14.6. The van der Waals surface area contributed by atoms with Crippen molar-refractivity contribution in [3.05, 3.63) is 11.3 Å². The first-order valence-electron chi connectivity index (χ1n) is 6.52. The van der Waals surface area contributed by atoms with Gasteiger partial charge in [-0.05, 0) is 13.5 Å². The number of anilines is 1. The van der Waals surface area contributed by atoms with E-state index in [2.05, 4.69) is 17.3 Å². The summed E-state index contributed by atoms with van der Waals surface area (Å²) in [7, 11) is 7.37. The minimum absolute atomic E-state index is 0.0794. The summed E-state index contributed by atoms with van der Waals surface area (Å²) < 4.78 is 1.84. The number of hydrogen-bond donors (Lipinski definition) is 1. The number of amides is 1. The van der Waals surface area contributed by atoms with Gasteiger partial charge in [0, 0.05) is 40.3 Å². The fourth-order valence-corrected chi connectivity index (χ4v) is 2.04. The van der Waals surface area contributed by atoms with E-state index in [0.29, 0.717) is 6.54 Å². The van der Waals surface area contributed by atoms with Crippen molar-refractivity contribution in [2.75, 3.05) is 39.1 Å². The molecule has 1 N–H and O–H groups in total. The van der Waals surface area contributed by atoms with Crippen molar-refractivity contribution in [2.45, 2.75) is 20.4 Å².